The van der Waals surface area contributed by atoms with Crippen LogP contribution >= 0.6 is 0 Å². The highest BCUT2D eigenvalue weighted by atomic mass is 32.2. The van der Waals surface area contributed by atoms with Crippen molar-refractivity contribution >= 4 is 27.7 Å². The molecule has 3 rings (SSSR count). The molecule has 2 aromatic rings. The van der Waals surface area contributed by atoms with Gasteiger partial charge in [-0.25, -0.2) is 12.8 Å². The van der Waals surface area contributed by atoms with Gasteiger partial charge in [-0.15, -0.1) is 0 Å². The van der Waals surface area contributed by atoms with Crippen molar-refractivity contribution in [2.24, 2.45) is 5.92 Å². The third-order valence-corrected chi connectivity index (χ3v) is 6.44. The minimum absolute atomic E-state index is 0.203. The first kappa shape index (κ1) is 20.2. The molecule has 148 valence electrons. The van der Waals surface area contributed by atoms with E-state index in [0.29, 0.717) is 18.5 Å². The van der Waals surface area contributed by atoms with Crippen molar-refractivity contribution in [3.05, 3.63) is 70.9 Å². The Morgan fingerprint density at radius 3 is 2.50 bits per heavy atom. The van der Waals surface area contributed by atoms with Gasteiger partial charge in [0.15, 0.2) is 0 Å². The van der Waals surface area contributed by atoms with Gasteiger partial charge in [0, 0.05) is 30.1 Å². The van der Waals surface area contributed by atoms with Gasteiger partial charge in [-0.05, 0) is 49.1 Å². The smallest absolute Gasteiger partial charge is 0.236 e. The number of carbonyl (C=O) groups is 1. The van der Waals surface area contributed by atoms with E-state index >= 15 is 0 Å². The van der Waals surface area contributed by atoms with Gasteiger partial charge in [-0.1, -0.05) is 36.4 Å². The van der Waals surface area contributed by atoms with Gasteiger partial charge >= 0.3 is 0 Å². The quantitative estimate of drug-likeness (QED) is 0.828. The molecular weight excluding hydrogens is 379 g/mol. The average molecular weight is 402 g/mol. The Labute approximate surface area is 164 Å². The van der Waals surface area contributed by atoms with Crippen LogP contribution in [0.3, 0.4) is 0 Å². The van der Waals surface area contributed by atoms with Crippen molar-refractivity contribution in [2.45, 2.75) is 19.8 Å². The van der Waals surface area contributed by atoms with E-state index in [0.717, 1.165) is 11.1 Å². The largest absolute Gasteiger partial charge is 0.326 e. The van der Waals surface area contributed by atoms with Crippen LogP contribution in [0.2, 0.25) is 0 Å². The molecule has 1 aliphatic rings. The maximum Gasteiger partial charge on any atom is 0.236 e. The molecule has 0 radical (unpaired) electrons. The molecule has 1 fully saturated rings. The molecule has 28 heavy (non-hydrogen) atoms. The number of aryl methyl sites for hydroxylation is 1. The molecule has 1 saturated heterocycles. The third kappa shape index (κ3) is 5.05. The van der Waals surface area contributed by atoms with Crippen molar-refractivity contribution in [3.63, 3.8) is 0 Å². The van der Waals surface area contributed by atoms with Gasteiger partial charge in [0.25, 0.3) is 0 Å². The number of hydrogen-bond acceptors (Lipinski definition) is 3. The molecular formula is C21H23FN2O3S. The zero-order valence-corrected chi connectivity index (χ0v) is 16.5. The summed E-state index contributed by atoms with van der Waals surface area (Å²) < 4.78 is 39.8. The lowest BCUT2D eigenvalue weighted by Crippen LogP contribution is -2.40. The molecule has 0 unspecified atom stereocenters. The molecule has 0 aliphatic carbocycles. The minimum Gasteiger partial charge on any atom is -0.326 e. The highest BCUT2D eigenvalue weighted by molar-refractivity contribution is 7.92. The normalized spacial score (nSPS) is 16.4. The molecule has 1 N–H and O–H groups in total. The predicted molar refractivity (Wildman–Crippen MR) is 108 cm³/mol. The molecule has 0 saturated carbocycles. The molecule has 5 nitrogen and oxygen atoms in total. The fourth-order valence-electron chi connectivity index (χ4n) is 3.15. The lowest BCUT2D eigenvalue weighted by molar-refractivity contribution is -0.120. The summed E-state index contributed by atoms with van der Waals surface area (Å²) in [6.07, 6.45) is 2.43. The van der Waals surface area contributed by atoms with Crippen LogP contribution in [0, 0.1) is 18.7 Å². The van der Waals surface area contributed by atoms with Gasteiger partial charge in [0.1, 0.15) is 5.82 Å². The van der Waals surface area contributed by atoms with E-state index < -0.39 is 15.8 Å². The first-order chi connectivity index (χ1) is 13.3. The van der Waals surface area contributed by atoms with Crippen molar-refractivity contribution in [2.75, 3.05) is 18.4 Å². The summed E-state index contributed by atoms with van der Waals surface area (Å²) in [7, 11) is -3.53. The number of sulfonamides is 1. The molecule has 7 heteroatoms. The van der Waals surface area contributed by atoms with Crippen molar-refractivity contribution in [1.29, 1.82) is 0 Å². The van der Waals surface area contributed by atoms with Crippen molar-refractivity contribution < 1.29 is 17.6 Å². The van der Waals surface area contributed by atoms with Crippen molar-refractivity contribution in [1.82, 2.24) is 4.31 Å². The van der Waals surface area contributed by atoms with Crippen LogP contribution in [0.25, 0.3) is 6.08 Å². The van der Waals surface area contributed by atoms with E-state index in [2.05, 4.69) is 5.32 Å². The lowest BCUT2D eigenvalue weighted by atomic mass is 9.97. The Hall–Kier alpha value is -2.51. The SMILES string of the molecule is Cc1ccc(F)cc1NC(=O)C1CCN(S(=O)(=O)/C=C/c2ccccc2)CC1. The Morgan fingerprint density at radius 1 is 1.14 bits per heavy atom. The summed E-state index contributed by atoms with van der Waals surface area (Å²) in [5, 5.41) is 3.97. The number of nitrogens with zero attached hydrogens (tertiary/aromatic N) is 1. The standard InChI is InChI=1S/C21H23FN2O3S/c1-16-7-8-19(22)15-20(16)23-21(25)18-9-12-24(13-10-18)28(26,27)14-11-17-5-3-2-4-6-17/h2-8,11,14-15,18H,9-10,12-13H2,1H3,(H,23,25)/b14-11+. The number of carbonyl (C=O) groups excluding carboxylic acids is 1. The molecule has 1 heterocycles. The summed E-state index contributed by atoms with van der Waals surface area (Å²) in [6, 6.07) is 13.5. The number of amides is 1. The monoisotopic (exact) mass is 402 g/mol. The Kier molecular flexibility index (Phi) is 6.26. The van der Waals surface area contributed by atoms with E-state index in [1.54, 1.807) is 19.1 Å². The van der Waals surface area contributed by atoms with Gasteiger partial charge in [-0.2, -0.15) is 4.31 Å². The number of benzene rings is 2. The molecule has 0 atom stereocenters. The fourth-order valence-corrected chi connectivity index (χ4v) is 4.37. The number of piperidine rings is 1. The minimum atomic E-state index is -3.53. The fraction of sp³-hybridized carbons (Fsp3) is 0.286. The summed E-state index contributed by atoms with van der Waals surface area (Å²) in [6.45, 7) is 2.35. The first-order valence-electron chi connectivity index (χ1n) is 9.15. The summed E-state index contributed by atoms with van der Waals surface area (Å²) >= 11 is 0. The number of hydrogen-bond donors (Lipinski definition) is 1. The van der Waals surface area contributed by atoms with Gasteiger partial charge in [0.2, 0.25) is 15.9 Å². The van der Waals surface area contributed by atoms with Crippen LogP contribution in [-0.4, -0.2) is 31.7 Å². The van der Waals surface area contributed by atoms with Crippen LogP contribution in [-0.2, 0) is 14.8 Å². The van der Waals surface area contributed by atoms with E-state index in [1.165, 1.54) is 21.8 Å². The predicted octanol–water partition coefficient (Wildman–Crippen LogP) is 3.79. The maximum absolute atomic E-state index is 13.4. The van der Waals surface area contributed by atoms with Gasteiger partial charge < -0.3 is 5.32 Å². The molecule has 0 bridgehead atoms. The van der Waals surface area contributed by atoms with Gasteiger partial charge in [-0.3, -0.25) is 4.79 Å². The highest BCUT2D eigenvalue weighted by Gasteiger charge is 2.30. The van der Waals surface area contributed by atoms with Crippen LogP contribution in [0.5, 0.6) is 0 Å². The number of anilines is 1. The van der Waals surface area contributed by atoms with E-state index in [1.807, 2.05) is 30.3 Å². The molecule has 1 aliphatic heterocycles. The number of rotatable bonds is 5. The second-order valence-electron chi connectivity index (χ2n) is 6.88. The van der Waals surface area contributed by atoms with Gasteiger partial charge in [0.05, 0.1) is 0 Å². The van der Waals surface area contributed by atoms with Crippen LogP contribution in [0.1, 0.15) is 24.0 Å². The number of nitrogens with one attached hydrogen (secondary N) is 1. The Morgan fingerprint density at radius 2 is 1.82 bits per heavy atom. The van der Waals surface area contributed by atoms with Crippen LogP contribution < -0.4 is 5.32 Å². The first-order valence-corrected chi connectivity index (χ1v) is 10.7. The zero-order valence-electron chi connectivity index (χ0n) is 15.6. The summed E-state index contributed by atoms with van der Waals surface area (Å²) in [5.74, 6) is -0.912. The average Bonchev–Trinajstić information content (AvgIpc) is 2.70. The second kappa shape index (κ2) is 8.67. The molecule has 2 aromatic carbocycles. The second-order valence-corrected chi connectivity index (χ2v) is 8.70. The maximum atomic E-state index is 13.4. The van der Waals surface area contributed by atoms with Crippen LogP contribution in [0.4, 0.5) is 10.1 Å². The molecule has 0 spiro atoms. The topological polar surface area (TPSA) is 66.5 Å². The Bertz CT molecular complexity index is 966. The van der Waals surface area contributed by atoms with E-state index in [4.69, 9.17) is 0 Å². The Balaban J connectivity index is 1.58. The summed E-state index contributed by atoms with van der Waals surface area (Å²) in [4.78, 5) is 12.5. The zero-order chi connectivity index (χ0) is 20.1. The highest BCUT2D eigenvalue weighted by Crippen LogP contribution is 2.24. The lowest BCUT2D eigenvalue weighted by Gasteiger charge is -2.29. The van der Waals surface area contributed by atoms with Crippen LogP contribution in [0.15, 0.2) is 53.9 Å². The molecule has 0 aromatic heterocycles. The van der Waals surface area contributed by atoms with E-state index in [9.17, 15) is 17.6 Å². The van der Waals surface area contributed by atoms with E-state index in [-0.39, 0.29) is 24.9 Å². The number of halogens is 1. The molecule has 1 amide bonds. The summed E-state index contributed by atoms with van der Waals surface area (Å²) in [5.41, 5.74) is 2.04. The third-order valence-electron chi connectivity index (χ3n) is 4.87. The van der Waals surface area contributed by atoms with Crippen molar-refractivity contribution in [3.8, 4) is 0 Å².